The molecule has 0 N–H and O–H groups in total. The summed E-state index contributed by atoms with van der Waals surface area (Å²) in [4.78, 5) is 25.6. The fourth-order valence-electron chi connectivity index (χ4n) is 3.96. The summed E-state index contributed by atoms with van der Waals surface area (Å²) in [5.41, 5.74) is 1.85. The zero-order valence-corrected chi connectivity index (χ0v) is 22.2. The predicted molar refractivity (Wildman–Crippen MR) is 142 cm³/mol. The van der Waals surface area contributed by atoms with Gasteiger partial charge in [-0.2, -0.15) is 0 Å². The van der Waals surface area contributed by atoms with E-state index >= 15 is 0 Å². The van der Waals surface area contributed by atoms with Crippen molar-refractivity contribution in [3.05, 3.63) is 65.2 Å². The monoisotopic (exact) mass is 482 g/mol. The van der Waals surface area contributed by atoms with E-state index in [-0.39, 0.29) is 18.2 Å². The van der Waals surface area contributed by atoms with Crippen molar-refractivity contribution >= 4 is 11.8 Å². The Morgan fingerprint density at radius 2 is 1.54 bits per heavy atom. The maximum atomic E-state index is 13.1. The number of ether oxygens (including phenoxy) is 2. The van der Waals surface area contributed by atoms with Crippen molar-refractivity contribution in [3.8, 4) is 5.75 Å². The topological polar surface area (TPSA) is 52.6 Å². The van der Waals surface area contributed by atoms with Gasteiger partial charge in [-0.25, -0.2) is 4.79 Å². The number of para-hydroxylation sites is 1. The van der Waals surface area contributed by atoms with Gasteiger partial charge in [-0.1, -0.05) is 63.3 Å². The molecule has 0 fully saturated rings. The first-order valence-electron chi connectivity index (χ1n) is 13.3. The molecule has 5 nitrogen and oxygen atoms in total. The highest BCUT2D eigenvalue weighted by Crippen LogP contribution is 2.21. The molecule has 5 heteroatoms. The maximum Gasteiger partial charge on any atom is 0.338 e. The van der Waals surface area contributed by atoms with Crippen LogP contribution in [0.5, 0.6) is 5.75 Å². The van der Waals surface area contributed by atoms with Gasteiger partial charge < -0.3 is 14.0 Å². The van der Waals surface area contributed by atoms with Crippen LogP contribution in [0.3, 0.4) is 0 Å². The Kier molecular flexibility index (Phi) is 12.5. The summed E-state index contributed by atoms with van der Waals surface area (Å²) >= 11 is 0. The van der Waals surface area contributed by atoms with Crippen molar-refractivity contribution in [1.82, 2.24) is 0 Å². The average Bonchev–Trinajstić information content (AvgIpc) is 2.88. The zero-order valence-electron chi connectivity index (χ0n) is 22.2. The summed E-state index contributed by atoms with van der Waals surface area (Å²) in [5, 5.41) is 0. The molecule has 0 aliphatic rings. The molecular formula is C30H44NO4+. The highest BCUT2D eigenvalue weighted by atomic mass is 16.5. The molecule has 2 rings (SSSR count). The molecular weight excluding hydrogens is 438 g/mol. The van der Waals surface area contributed by atoms with Crippen LogP contribution in [0.25, 0.3) is 0 Å². The third kappa shape index (κ3) is 9.85. The number of esters is 1. The smallest absolute Gasteiger partial charge is 0.338 e. The first kappa shape index (κ1) is 28.6. The number of quaternary nitrogens is 1. The second-order valence-electron chi connectivity index (χ2n) is 9.52. The first-order valence-corrected chi connectivity index (χ1v) is 13.3. The minimum absolute atomic E-state index is 0.0204. The lowest BCUT2D eigenvalue weighted by molar-refractivity contribution is -0.906. The van der Waals surface area contributed by atoms with Gasteiger partial charge in [0.15, 0.2) is 5.78 Å². The van der Waals surface area contributed by atoms with Crippen LogP contribution in [0, 0.1) is 0 Å². The number of carbonyl (C=O) groups excluding carboxylic acids is 2. The fraction of sp³-hybridized carbons (Fsp3) is 0.533. The molecule has 0 unspecified atom stereocenters. The molecule has 35 heavy (non-hydrogen) atoms. The van der Waals surface area contributed by atoms with Gasteiger partial charge in [0.1, 0.15) is 18.9 Å². The van der Waals surface area contributed by atoms with E-state index in [0.717, 1.165) is 42.5 Å². The van der Waals surface area contributed by atoms with Crippen molar-refractivity contribution in [2.45, 2.75) is 65.7 Å². The Morgan fingerprint density at radius 3 is 2.29 bits per heavy atom. The molecule has 0 amide bonds. The van der Waals surface area contributed by atoms with E-state index in [1.54, 1.807) is 18.2 Å². The van der Waals surface area contributed by atoms with Gasteiger partial charge in [0, 0.05) is 6.42 Å². The minimum atomic E-state index is -0.347. The Balaban J connectivity index is 1.92. The summed E-state index contributed by atoms with van der Waals surface area (Å²) in [5.74, 6) is 0.267. The van der Waals surface area contributed by atoms with Crippen LogP contribution in [0.2, 0.25) is 0 Å². The number of likely N-dealkylation sites (N-methyl/N-ethyl adjacent to an activating group) is 1. The van der Waals surface area contributed by atoms with Crippen molar-refractivity contribution in [2.24, 2.45) is 0 Å². The molecule has 192 valence electrons. The molecule has 0 spiro atoms. The Hall–Kier alpha value is -2.66. The summed E-state index contributed by atoms with van der Waals surface area (Å²) < 4.78 is 12.3. The SMILES string of the molecule is CCCCCCCCOc1ccccc1C(=O)Cc1cccc(C(=O)OCC[N+](C)(CC)CC)c1. The van der Waals surface area contributed by atoms with Crippen LogP contribution >= 0.6 is 0 Å². The summed E-state index contributed by atoms with van der Waals surface area (Å²) in [6.07, 6.45) is 7.37. The highest BCUT2D eigenvalue weighted by molar-refractivity contribution is 6.00. The fourth-order valence-corrected chi connectivity index (χ4v) is 3.96. The molecule has 0 saturated carbocycles. The van der Waals surface area contributed by atoms with Crippen molar-refractivity contribution in [3.63, 3.8) is 0 Å². The van der Waals surface area contributed by atoms with Gasteiger partial charge in [-0.3, -0.25) is 4.79 Å². The molecule has 2 aromatic rings. The van der Waals surface area contributed by atoms with Crippen molar-refractivity contribution in [2.75, 3.05) is 39.9 Å². The normalized spacial score (nSPS) is 11.3. The number of carbonyl (C=O) groups is 2. The summed E-state index contributed by atoms with van der Waals surface area (Å²) in [6, 6.07) is 14.6. The number of Topliss-reactive ketones (excluding diaryl/α,β-unsaturated/α-hetero) is 1. The molecule has 0 saturated heterocycles. The maximum absolute atomic E-state index is 13.1. The van der Waals surface area contributed by atoms with E-state index in [0.29, 0.717) is 30.1 Å². The largest absolute Gasteiger partial charge is 0.493 e. The molecule has 0 heterocycles. The predicted octanol–water partition coefficient (Wildman–Crippen LogP) is 6.49. The Bertz CT molecular complexity index is 920. The van der Waals surface area contributed by atoms with Crippen LogP contribution in [0.4, 0.5) is 0 Å². The van der Waals surface area contributed by atoms with Crippen LogP contribution in [-0.4, -0.2) is 56.1 Å². The first-order chi connectivity index (χ1) is 16.9. The van der Waals surface area contributed by atoms with E-state index < -0.39 is 0 Å². The number of ketones is 1. The Morgan fingerprint density at radius 1 is 0.829 bits per heavy atom. The van der Waals surface area contributed by atoms with Gasteiger partial charge >= 0.3 is 5.97 Å². The van der Waals surface area contributed by atoms with Crippen molar-refractivity contribution in [1.29, 1.82) is 0 Å². The lowest BCUT2D eigenvalue weighted by atomic mass is 10.0. The lowest BCUT2D eigenvalue weighted by Gasteiger charge is -2.31. The standard InChI is InChI=1S/C30H44NO4/c1-5-8-9-10-11-14-21-34-29-19-13-12-18-27(29)28(32)24-25-16-15-17-26(23-25)30(33)35-22-20-31(4,6-2)7-3/h12-13,15-19,23H,5-11,14,20-22,24H2,1-4H3/q+1. The molecule has 0 radical (unpaired) electrons. The van der Waals surface area contributed by atoms with Gasteiger partial charge in [-0.05, 0) is 50.1 Å². The van der Waals surface area contributed by atoms with E-state index in [1.165, 1.54) is 25.7 Å². The second-order valence-corrected chi connectivity index (χ2v) is 9.52. The van der Waals surface area contributed by atoms with Crippen LogP contribution in [0.1, 0.15) is 85.6 Å². The van der Waals surface area contributed by atoms with Gasteiger partial charge in [-0.15, -0.1) is 0 Å². The third-order valence-electron chi connectivity index (χ3n) is 6.86. The number of unbranched alkanes of at least 4 members (excludes halogenated alkanes) is 5. The second kappa shape index (κ2) is 15.4. The van der Waals surface area contributed by atoms with E-state index in [4.69, 9.17) is 9.47 Å². The number of hydrogen-bond acceptors (Lipinski definition) is 4. The van der Waals surface area contributed by atoms with Gasteiger partial charge in [0.25, 0.3) is 0 Å². The van der Waals surface area contributed by atoms with Crippen LogP contribution in [0.15, 0.2) is 48.5 Å². The molecule has 0 aromatic heterocycles. The lowest BCUT2D eigenvalue weighted by Crippen LogP contribution is -2.46. The van der Waals surface area contributed by atoms with E-state index in [9.17, 15) is 9.59 Å². The molecule has 0 aliphatic carbocycles. The molecule has 0 bridgehead atoms. The number of benzene rings is 2. The van der Waals surface area contributed by atoms with E-state index in [2.05, 4.69) is 27.8 Å². The Labute approximate surface area is 212 Å². The quantitative estimate of drug-likeness (QED) is 0.112. The van der Waals surface area contributed by atoms with E-state index in [1.807, 2.05) is 30.3 Å². The molecule has 0 aliphatic heterocycles. The summed E-state index contributed by atoms with van der Waals surface area (Å²) in [6.45, 7) is 10.3. The average molecular weight is 483 g/mol. The van der Waals surface area contributed by atoms with Crippen LogP contribution in [-0.2, 0) is 11.2 Å². The summed E-state index contributed by atoms with van der Waals surface area (Å²) in [7, 11) is 2.16. The minimum Gasteiger partial charge on any atom is -0.493 e. The zero-order chi connectivity index (χ0) is 25.5. The van der Waals surface area contributed by atoms with Gasteiger partial charge in [0.2, 0.25) is 0 Å². The number of rotatable bonds is 17. The highest BCUT2D eigenvalue weighted by Gasteiger charge is 2.18. The number of nitrogens with zero attached hydrogens (tertiary/aromatic N) is 1. The van der Waals surface area contributed by atoms with Crippen LogP contribution < -0.4 is 4.74 Å². The van der Waals surface area contributed by atoms with Crippen molar-refractivity contribution < 1.29 is 23.5 Å². The molecule has 2 aromatic carbocycles. The number of hydrogen-bond donors (Lipinski definition) is 0. The van der Waals surface area contributed by atoms with Gasteiger partial charge in [0.05, 0.1) is 37.9 Å². The third-order valence-corrected chi connectivity index (χ3v) is 6.86. The molecule has 0 atom stereocenters.